The van der Waals surface area contributed by atoms with Gasteiger partial charge in [0, 0.05) is 75.9 Å². The third-order valence-electron chi connectivity index (χ3n) is 11.9. The van der Waals surface area contributed by atoms with Crippen LogP contribution in [0.15, 0.2) is 42.5 Å². The third kappa shape index (κ3) is 7.74. The molecule has 0 unspecified atom stereocenters. The number of alkyl halides is 4. The van der Waals surface area contributed by atoms with Gasteiger partial charge in [0.05, 0.1) is 30.8 Å². The van der Waals surface area contributed by atoms with Crippen molar-refractivity contribution in [3.05, 3.63) is 59.2 Å². The van der Waals surface area contributed by atoms with Gasteiger partial charge in [0.15, 0.2) is 0 Å². The summed E-state index contributed by atoms with van der Waals surface area (Å²) in [5, 5.41) is 19.3. The van der Waals surface area contributed by atoms with Crippen LogP contribution in [0.5, 0.6) is 5.75 Å². The number of methoxy groups -OCH3 is 1. The van der Waals surface area contributed by atoms with E-state index in [2.05, 4.69) is 11.0 Å². The fourth-order valence-electron chi connectivity index (χ4n) is 9.01. The zero-order valence-electron chi connectivity index (χ0n) is 29.8. The van der Waals surface area contributed by atoms with Crippen LogP contribution in [0.3, 0.4) is 0 Å². The van der Waals surface area contributed by atoms with Crippen LogP contribution in [0.4, 0.5) is 23.2 Å². The summed E-state index contributed by atoms with van der Waals surface area (Å²) < 4.78 is 71.0. The minimum Gasteiger partial charge on any atom is -0.497 e. The number of hydrogen-bond donors (Lipinski definition) is 1. The van der Waals surface area contributed by atoms with E-state index in [1.807, 2.05) is 6.92 Å². The lowest BCUT2D eigenvalue weighted by Gasteiger charge is -2.35. The number of piperidine rings is 1. The number of benzene rings is 2. The molecule has 52 heavy (non-hydrogen) atoms. The molecule has 1 amide bonds. The number of carbonyl (C=O) groups excluding carboxylic acids is 1. The number of rotatable bonds is 10. The van der Waals surface area contributed by atoms with Crippen molar-refractivity contribution in [2.75, 3.05) is 57.9 Å². The highest BCUT2D eigenvalue weighted by Gasteiger charge is 2.57. The molecular formula is C39H48F4N4O5. The number of amides is 1. The molecular weight excluding hydrogens is 680 g/mol. The number of ether oxygens (including phenoxy) is 2. The van der Waals surface area contributed by atoms with Gasteiger partial charge in [0.2, 0.25) is 5.67 Å². The van der Waals surface area contributed by atoms with Gasteiger partial charge in [-0.1, -0.05) is 18.2 Å². The van der Waals surface area contributed by atoms with Gasteiger partial charge in [-0.05, 0) is 86.8 Å². The SMILES string of the molecule is CCOC1CCC(N2C[C@@H](c3ccc(OC)cc3)[C@](F)(C(=O)N3C[C@H](CC#N)[C@@H](c4ccc(C(F)(F)F)cc4N4CCC(C(=O)O)CC4)C3)C2)CC1. The van der Waals surface area contributed by atoms with E-state index in [4.69, 9.17) is 9.47 Å². The second kappa shape index (κ2) is 15.6. The molecule has 9 nitrogen and oxygen atoms in total. The molecule has 3 heterocycles. The van der Waals surface area contributed by atoms with Crippen molar-refractivity contribution in [2.24, 2.45) is 11.8 Å². The Morgan fingerprint density at radius 3 is 2.29 bits per heavy atom. The van der Waals surface area contributed by atoms with Gasteiger partial charge in [-0.3, -0.25) is 14.5 Å². The maximum atomic E-state index is 17.9. The molecule has 0 bridgehead atoms. The fraction of sp³-hybridized carbons (Fsp3) is 0.615. The summed E-state index contributed by atoms with van der Waals surface area (Å²) in [7, 11) is 1.55. The van der Waals surface area contributed by atoms with Crippen LogP contribution in [0.25, 0.3) is 0 Å². The van der Waals surface area contributed by atoms with Crippen LogP contribution in [0, 0.1) is 23.2 Å². The molecule has 13 heteroatoms. The van der Waals surface area contributed by atoms with Crippen LogP contribution in [0.2, 0.25) is 0 Å². The number of nitrogens with zero attached hydrogens (tertiary/aromatic N) is 4. The number of nitriles is 1. The molecule has 4 fully saturated rings. The molecule has 0 spiro atoms. The van der Waals surface area contributed by atoms with Gasteiger partial charge in [-0.15, -0.1) is 0 Å². The minimum absolute atomic E-state index is 0.0341. The highest BCUT2D eigenvalue weighted by Crippen LogP contribution is 2.47. The van der Waals surface area contributed by atoms with E-state index in [0.717, 1.165) is 37.8 Å². The molecule has 3 saturated heterocycles. The molecule has 1 N–H and O–H groups in total. The van der Waals surface area contributed by atoms with Crippen LogP contribution in [-0.2, 0) is 20.5 Å². The summed E-state index contributed by atoms with van der Waals surface area (Å²) in [4.78, 5) is 31.6. The Balaban J connectivity index is 1.30. The molecule has 1 saturated carbocycles. The van der Waals surface area contributed by atoms with Crippen molar-refractivity contribution < 1.29 is 41.7 Å². The maximum absolute atomic E-state index is 17.9. The quantitative estimate of drug-likeness (QED) is 0.272. The van der Waals surface area contributed by atoms with Crippen molar-refractivity contribution in [3.63, 3.8) is 0 Å². The van der Waals surface area contributed by atoms with Gasteiger partial charge >= 0.3 is 12.1 Å². The Morgan fingerprint density at radius 1 is 1.00 bits per heavy atom. The van der Waals surface area contributed by atoms with Crippen LogP contribution in [0.1, 0.15) is 80.4 Å². The Bertz CT molecular complexity index is 1620. The summed E-state index contributed by atoms with van der Waals surface area (Å²) in [6.45, 7) is 3.54. The lowest BCUT2D eigenvalue weighted by Crippen LogP contribution is -2.50. The first-order chi connectivity index (χ1) is 24.9. The van der Waals surface area contributed by atoms with Gasteiger partial charge in [-0.2, -0.15) is 18.4 Å². The van der Waals surface area contributed by atoms with Crippen molar-refractivity contribution in [1.29, 1.82) is 5.26 Å². The third-order valence-corrected chi connectivity index (χ3v) is 11.9. The van der Waals surface area contributed by atoms with Gasteiger partial charge in [0.25, 0.3) is 5.91 Å². The highest BCUT2D eigenvalue weighted by atomic mass is 19.4. The predicted octanol–water partition coefficient (Wildman–Crippen LogP) is 6.63. The van der Waals surface area contributed by atoms with Crippen molar-refractivity contribution in [2.45, 2.75) is 87.7 Å². The summed E-state index contributed by atoms with van der Waals surface area (Å²) in [6, 6.07) is 12.9. The van der Waals surface area contributed by atoms with Crippen molar-refractivity contribution >= 4 is 17.6 Å². The monoisotopic (exact) mass is 728 g/mol. The number of hydrogen-bond acceptors (Lipinski definition) is 7. The molecule has 1 aliphatic carbocycles. The summed E-state index contributed by atoms with van der Waals surface area (Å²) in [5.41, 5.74) is -1.56. The van der Waals surface area contributed by atoms with Crippen LogP contribution >= 0.6 is 0 Å². The first-order valence-corrected chi connectivity index (χ1v) is 18.4. The zero-order valence-corrected chi connectivity index (χ0v) is 29.8. The Labute approximate surface area is 302 Å². The van der Waals surface area contributed by atoms with E-state index in [1.54, 1.807) is 36.3 Å². The lowest BCUT2D eigenvalue weighted by atomic mass is 9.84. The van der Waals surface area contributed by atoms with Crippen LogP contribution < -0.4 is 9.64 Å². The molecule has 0 radical (unpaired) electrons. The smallest absolute Gasteiger partial charge is 0.416 e. The number of anilines is 1. The molecule has 0 aromatic heterocycles. The van der Waals surface area contributed by atoms with Gasteiger partial charge in [0.1, 0.15) is 5.75 Å². The van der Waals surface area contributed by atoms with E-state index in [9.17, 15) is 33.1 Å². The van der Waals surface area contributed by atoms with Crippen molar-refractivity contribution in [3.8, 4) is 11.8 Å². The predicted molar refractivity (Wildman–Crippen MR) is 186 cm³/mol. The molecule has 282 valence electrons. The number of carbonyl (C=O) groups is 2. The first kappa shape index (κ1) is 37.9. The summed E-state index contributed by atoms with van der Waals surface area (Å²) >= 11 is 0. The Morgan fingerprint density at radius 2 is 1.69 bits per heavy atom. The Hall–Kier alpha value is -3.89. The largest absolute Gasteiger partial charge is 0.497 e. The number of aliphatic carboxylic acids is 1. The molecule has 3 aliphatic heterocycles. The second-order valence-corrected chi connectivity index (χ2v) is 14.8. The van der Waals surface area contributed by atoms with E-state index in [-0.39, 0.29) is 64.1 Å². The van der Waals surface area contributed by atoms with E-state index in [1.165, 1.54) is 11.0 Å². The average molecular weight is 729 g/mol. The molecule has 2 aromatic rings. The molecule has 4 atom stereocenters. The Kier molecular flexibility index (Phi) is 11.4. The molecule has 2 aromatic carbocycles. The molecule has 6 rings (SSSR count). The number of halogens is 4. The van der Waals surface area contributed by atoms with E-state index < -0.39 is 53.0 Å². The topological polar surface area (TPSA) is 106 Å². The van der Waals surface area contributed by atoms with Gasteiger partial charge < -0.3 is 24.4 Å². The van der Waals surface area contributed by atoms with Crippen molar-refractivity contribution in [1.82, 2.24) is 9.80 Å². The average Bonchev–Trinajstić information content (AvgIpc) is 3.73. The van der Waals surface area contributed by atoms with E-state index >= 15 is 4.39 Å². The highest BCUT2D eigenvalue weighted by molar-refractivity contribution is 5.88. The maximum Gasteiger partial charge on any atom is 0.416 e. The normalized spacial score (nSPS) is 28.9. The first-order valence-electron chi connectivity index (χ1n) is 18.4. The van der Waals surface area contributed by atoms with E-state index in [0.29, 0.717) is 35.7 Å². The number of likely N-dealkylation sites (tertiary alicyclic amines) is 2. The lowest BCUT2D eigenvalue weighted by molar-refractivity contribution is -0.143. The summed E-state index contributed by atoms with van der Waals surface area (Å²) in [5.74, 6) is -3.28. The van der Waals surface area contributed by atoms with Gasteiger partial charge in [-0.25, -0.2) is 4.39 Å². The standard InChI is InChI=1S/C39H48F4N4O5/c1-3-52-31-11-7-29(8-12-31)47-23-34(25-4-9-30(51-2)10-5-25)38(40,24-47)37(50)46-21-27(14-17-44)33(22-46)32-13-6-28(39(41,42)43)20-35(32)45-18-15-26(16-19-45)36(48)49/h4-6,9-10,13,20,26-27,29,31,33-34H,3,7-8,11-12,14-16,18-19,21-24H2,1-2H3,(H,48,49)/t27-,29?,31?,33-,34-,38-/m0/s1. The number of carboxylic acid groups (broad SMARTS) is 1. The zero-order chi connectivity index (χ0) is 37.2. The molecule has 4 aliphatic rings. The minimum atomic E-state index is -4.61. The second-order valence-electron chi connectivity index (χ2n) is 14.8. The number of carboxylic acids is 1. The van der Waals surface area contributed by atoms with Crippen LogP contribution in [-0.4, -0.2) is 97.6 Å². The summed E-state index contributed by atoms with van der Waals surface area (Å²) in [6.07, 6.45) is -0.440. The fourth-order valence-corrected chi connectivity index (χ4v) is 9.01.